The number of ether oxygens (including phenoxy) is 1. The summed E-state index contributed by atoms with van der Waals surface area (Å²) < 4.78 is 32.2. The Hall–Kier alpha value is -3.27. The molecule has 3 heterocycles. The van der Waals surface area contributed by atoms with E-state index in [1.165, 1.54) is 36.5 Å². The van der Waals surface area contributed by atoms with Gasteiger partial charge >= 0.3 is 6.09 Å². The van der Waals surface area contributed by atoms with Gasteiger partial charge in [0.15, 0.2) is 0 Å². The Morgan fingerprint density at radius 2 is 1.73 bits per heavy atom. The zero-order chi connectivity index (χ0) is 28.4. The number of carbonyl (C=O) groups is 1. The summed E-state index contributed by atoms with van der Waals surface area (Å²) in [6.07, 6.45) is 1.45. The van der Waals surface area contributed by atoms with Crippen molar-refractivity contribution in [1.82, 2.24) is 14.8 Å². The molecule has 2 saturated heterocycles. The van der Waals surface area contributed by atoms with Gasteiger partial charge in [-0.1, -0.05) is 30.7 Å². The van der Waals surface area contributed by atoms with E-state index in [2.05, 4.69) is 16.8 Å². The number of halogens is 3. The fraction of sp³-hybridized carbons (Fsp3) is 0.400. The van der Waals surface area contributed by atoms with Gasteiger partial charge in [-0.15, -0.1) is 0 Å². The number of pyridine rings is 1. The number of anilines is 1. The molecule has 0 radical (unpaired) electrons. The van der Waals surface area contributed by atoms with Gasteiger partial charge in [-0.05, 0) is 66.9 Å². The quantitative estimate of drug-likeness (QED) is 0.433. The predicted molar refractivity (Wildman–Crippen MR) is 149 cm³/mol. The molecule has 3 aromatic rings. The van der Waals surface area contributed by atoms with E-state index in [1.807, 2.05) is 29.2 Å². The van der Waals surface area contributed by atoms with Gasteiger partial charge in [0.25, 0.3) is 0 Å². The van der Waals surface area contributed by atoms with Crippen LogP contribution in [-0.4, -0.2) is 71.5 Å². The molecule has 2 fully saturated rings. The minimum absolute atomic E-state index is 0.0291. The molecule has 5 rings (SSSR count). The predicted octanol–water partition coefficient (Wildman–Crippen LogP) is 5.32. The Balaban J connectivity index is 1.31. The van der Waals surface area contributed by atoms with Gasteiger partial charge < -0.3 is 19.6 Å². The van der Waals surface area contributed by atoms with Crippen molar-refractivity contribution in [3.05, 3.63) is 89.1 Å². The van der Waals surface area contributed by atoms with Crippen LogP contribution in [0.3, 0.4) is 0 Å². The van der Waals surface area contributed by atoms with Gasteiger partial charge in [-0.2, -0.15) is 0 Å². The van der Waals surface area contributed by atoms with Crippen LogP contribution in [0.2, 0.25) is 5.02 Å². The lowest BCUT2D eigenvalue weighted by Crippen LogP contribution is -2.50. The van der Waals surface area contributed by atoms with E-state index in [4.69, 9.17) is 16.3 Å². The highest BCUT2D eigenvalue weighted by atomic mass is 35.5. The maximum Gasteiger partial charge on any atom is 0.415 e. The number of aliphatic hydroxyl groups is 1. The van der Waals surface area contributed by atoms with Gasteiger partial charge in [0.1, 0.15) is 29.4 Å². The highest BCUT2D eigenvalue weighted by molar-refractivity contribution is 6.30. The number of carbonyl (C=O) groups excluding carboxylic acids is 1. The molecule has 10 heteroatoms. The zero-order valence-electron chi connectivity index (χ0n) is 22.5. The number of benzene rings is 2. The number of piperidine rings is 1. The minimum atomic E-state index is -0.707. The summed E-state index contributed by atoms with van der Waals surface area (Å²) in [7, 11) is 1.69. The standard InChI is InChI=1S/C30H33ClF2N4O3/c1-30(21-3-5-22(31)6-4-21)19-37(18-26(30)35(2)29(39)40-25-10-7-23(32)8-11-25)28(38)20-13-15-36(16-14-20)27-12-9-24(33)17-34-27/h3-12,17,20,26,28,38H,13-16,18-19H2,1-2H3. The van der Waals surface area contributed by atoms with Crippen molar-refractivity contribution >= 4 is 23.5 Å². The highest BCUT2D eigenvalue weighted by Crippen LogP contribution is 2.40. The van der Waals surface area contributed by atoms with Gasteiger partial charge in [-0.3, -0.25) is 4.90 Å². The molecule has 0 aliphatic carbocycles. The second-order valence-electron chi connectivity index (χ2n) is 10.9. The molecule has 0 saturated carbocycles. The number of likely N-dealkylation sites (N-methyl/N-ethyl adjacent to an activating group) is 1. The molecule has 0 bridgehead atoms. The number of hydrogen-bond donors (Lipinski definition) is 1. The van der Waals surface area contributed by atoms with Crippen LogP contribution in [0.5, 0.6) is 5.75 Å². The summed E-state index contributed by atoms with van der Waals surface area (Å²) in [5, 5.41) is 12.2. The maximum atomic E-state index is 13.3. The molecule has 2 aromatic carbocycles. The van der Waals surface area contributed by atoms with Gasteiger partial charge in [-0.25, -0.2) is 18.6 Å². The minimum Gasteiger partial charge on any atom is -0.410 e. The average Bonchev–Trinajstić information content (AvgIpc) is 3.32. The van der Waals surface area contributed by atoms with E-state index in [-0.39, 0.29) is 23.5 Å². The lowest BCUT2D eigenvalue weighted by molar-refractivity contribution is -0.0381. The van der Waals surface area contributed by atoms with E-state index in [1.54, 1.807) is 18.0 Å². The fourth-order valence-electron chi connectivity index (χ4n) is 5.96. The van der Waals surface area contributed by atoms with Crippen molar-refractivity contribution in [3.63, 3.8) is 0 Å². The van der Waals surface area contributed by atoms with Crippen molar-refractivity contribution in [2.75, 3.05) is 38.1 Å². The molecule has 7 nitrogen and oxygen atoms in total. The summed E-state index contributed by atoms with van der Waals surface area (Å²) >= 11 is 6.17. The average molecular weight is 571 g/mol. The third-order valence-corrected chi connectivity index (χ3v) is 8.58. The van der Waals surface area contributed by atoms with Crippen LogP contribution < -0.4 is 9.64 Å². The SMILES string of the molecule is CN(C(=O)Oc1ccc(F)cc1)C1CN(C(O)C2CCN(c3ccc(F)cn3)CC2)CC1(C)c1ccc(Cl)cc1. The number of aromatic nitrogens is 1. The first-order valence-corrected chi connectivity index (χ1v) is 13.8. The molecule has 1 amide bonds. The topological polar surface area (TPSA) is 69.1 Å². The second kappa shape index (κ2) is 11.7. The van der Waals surface area contributed by atoms with Crippen LogP contribution in [0.4, 0.5) is 19.4 Å². The number of likely N-dealkylation sites (tertiary alicyclic amines) is 1. The van der Waals surface area contributed by atoms with Gasteiger partial charge in [0.2, 0.25) is 0 Å². The summed E-state index contributed by atoms with van der Waals surface area (Å²) in [4.78, 5) is 23.1. The number of nitrogens with zero attached hydrogens (tertiary/aromatic N) is 4. The molecule has 3 atom stereocenters. The van der Waals surface area contributed by atoms with Crippen molar-refractivity contribution in [2.45, 2.75) is 37.5 Å². The van der Waals surface area contributed by atoms with Crippen LogP contribution in [-0.2, 0) is 5.41 Å². The van der Waals surface area contributed by atoms with E-state index < -0.39 is 23.6 Å². The van der Waals surface area contributed by atoms with Gasteiger partial charge in [0.05, 0.1) is 12.2 Å². The second-order valence-corrected chi connectivity index (χ2v) is 11.3. The van der Waals surface area contributed by atoms with E-state index in [0.29, 0.717) is 31.2 Å². The molecule has 0 spiro atoms. The summed E-state index contributed by atoms with van der Waals surface area (Å²) in [6.45, 7) is 4.45. The smallest absolute Gasteiger partial charge is 0.410 e. The number of aliphatic hydroxyl groups excluding tert-OH is 1. The normalized spacial score (nSPS) is 22.8. The molecule has 212 valence electrons. The van der Waals surface area contributed by atoms with Crippen LogP contribution in [0, 0.1) is 17.6 Å². The first-order chi connectivity index (χ1) is 19.1. The van der Waals surface area contributed by atoms with E-state index >= 15 is 0 Å². The molecule has 40 heavy (non-hydrogen) atoms. The number of hydrogen-bond acceptors (Lipinski definition) is 6. The number of rotatable bonds is 6. The van der Waals surface area contributed by atoms with E-state index in [9.17, 15) is 18.7 Å². The molecule has 2 aliphatic rings. The fourth-order valence-corrected chi connectivity index (χ4v) is 6.09. The lowest BCUT2D eigenvalue weighted by atomic mass is 9.77. The Morgan fingerprint density at radius 1 is 1.07 bits per heavy atom. The van der Waals surface area contributed by atoms with E-state index in [0.717, 1.165) is 24.2 Å². The largest absolute Gasteiger partial charge is 0.415 e. The molecule has 1 N–H and O–H groups in total. The first-order valence-electron chi connectivity index (χ1n) is 13.4. The number of amides is 1. The third-order valence-electron chi connectivity index (χ3n) is 8.32. The van der Waals surface area contributed by atoms with Crippen LogP contribution in [0.15, 0.2) is 66.9 Å². The first kappa shape index (κ1) is 28.3. The molecular weight excluding hydrogens is 538 g/mol. The maximum absolute atomic E-state index is 13.3. The Morgan fingerprint density at radius 3 is 2.35 bits per heavy atom. The molecule has 3 unspecified atom stereocenters. The molecule has 1 aromatic heterocycles. The van der Waals surface area contributed by atoms with Crippen LogP contribution >= 0.6 is 11.6 Å². The van der Waals surface area contributed by atoms with Crippen molar-refractivity contribution in [3.8, 4) is 5.75 Å². The van der Waals surface area contributed by atoms with Crippen LogP contribution in [0.25, 0.3) is 0 Å². The van der Waals surface area contributed by atoms with Gasteiger partial charge in [0, 0.05) is 49.6 Å². The Labute approximate surface area is 237 Å². The third kappa shape index (κ3) is 5.92. The Bertz CT molecular complexity index is 1300. The van der Waals surface area contributed by atoms with Crippen molar-refractivity contribution in [1.29, 1.82) is 0 Å². The highest BCUT2D eigenvalue weighted by Gasteiger charge is 2.50. The molecular formula is C30H33ClF2N4O3. The Kier molecular flexibility index (Phi) is 8.26. The summed E-state index contributed by atoms with van der Waals surface area (Å²) in [6, 6.07) is 15.6. The zero-order valence-corrected chi connectivity index (χ0v) is 23.3. The van der Waals surface area contributed by atoms with Crippen LogP contribution in [0.1, 0.15) is 25.3 Å². The van der Waals surface area contributed by atoms with Crippen molar-refractivity contribution in [2.24, 2.45) is 5.92 Å². The molecule has 2 aliphatic heterocycles. The van der Waals surface area contributed by atoms with Crippen molar-refractivity contribution < 1.29 is 23.4 Å². The lowest BCUT2D eigenvalue weighted by Gasteiger charge is -2.38. The summed E-state index contributed by atoms with van der Waals surface area (Å²) in [5.41, 5.74) is 0.469. The summed E-state index contributed by atoms with van der Waals surface area (Å²) in [5.74, 6) is 0.230. The monoisotopic (exact) mass is 570 g/mol.